The molecule has 4 rings (SSSR count). The number of carbonyl (C=O) groups is 1. The monoisotopic (exact) mass is 301 g/mol. The van der Waals surface area contributed by atoms with E-state index in [1.54, 1.807) is 0 Å². The molecule has 2 saturated carbocycles. The summed E-state index contributed by atoms with van der Waals surface area (Å²) in [5.74, 6) is 0. The Morgan fingerprint density at radius 2 is 1.82 bits per heavy atom. The lowest BCUT2D eigenvalue weighted by atomic mass is 9.61. The highest BCUT2D eigenvalue weighted by Gasteiger charge is 2.54. The molecule has 0 amide bonds. The molecule has 22 heavy (non-hydrogen) atoms. The molecular weight excluding hydrogens is 278 g/mol. The van der Waals surface area contributed by atoms with E-state index >= 15 is 0 Å². The van der Waals surface area contributed by atoms with Crippen LogP contribution >= 0.6 is 0 Å². The van der Waals surface area contributed by atoms with Crippen LogP contribution in [-0.2, 0) is 0 Å². The van der Waals surface area contributed by atoms with Crippen molar-refractivity contribution in [3.63, 3.8) is 0 Å². The van der Waals surface area contributed by atoms with E-state index in [4.69, 9.17) is 4.74 Å². The molecule has 3 fully saturated rings. The summed E-state index contributed by atoms with van der Waals surface area (Å²) >= 11 is 0. The van der Waals surface area contributed by atoms with E-state index < -0.39 is 0 Å². The molecule has 2 heterocycles. The SMILES string of the molecule is O=Cc1cnc(OC2CC3(C2)CN(C2CCCCC2)C3)nc1. The largest absolute Gasteiger partial charge is 0.460 e. The lowest BCUT2D eigenvalue weighted by molar-refractivity contribution is -0.138. The molecule has 1 aromatic rings. The van der Waals surface area contributed by atoms with Gasteiger partial charge in [0.2, 0.25) is 0 Å². The summed E-state index contributed by atoms with van der Waals surface area (Å²) in [5.41, 5.74) is 0.991. The molecule has 0 bridgehead atoms. The van der Waals surface area contributed by atoms with Crippen LogP contribution in [0.1, 0.15) is 55.3 Å². The van der Waals surface area contributed by atoms with Crippen LogP contribution in [0.2, 0.25) is 0 Å². The number of ether oxygens (including phenoxy) is 1. The van der Waals surface area contributed by atoms with Gasteiger partial charge in [-0.1, -0.05) is 19.3 Å². The average molecular weight is 301 g/mol. The van der Waals surface area contributed by atoms with Gasteiger partial charge in [-0.05, 0) is 25.7 Å². The van der Waals surface area contributed by atoms with E-state index in [9.17, 15) is 4.79 Å². The molecule has 0 aromatic carbocycles. The maximum atomic E-state index is 10.6. The Bertz CT molecular complexity index is 525. The minimum atomic E-state index is 0.246. The highest BCUT2D eigenvalue weighted by molar-refractivity contribution is 5.73. The molecule has 0 atom stereocenters. The molecule has 3 aliphatic rings. The molecule has 1 spiro atoms. The fraction of sp³-hybridized carbons (Fsp3) is 0.706. The van der Waals surface area contributed by atoms with Crippen molar-refractivity contribution in [1.29, 1.82) is 0 Å². The number of aromatic nitrogens is 2. The van der Waals surface area contributed by atoms with Crippen molar-refractivity contribution in [3.05, 3.63) is 18.0 Å². The Labute approximate surface area is 131 Å². The fourth-order valence-electron chi connectivity index (χ4n) is 4.36. The molecule has 2 aliphatic carbocycles. The minimum absolute atomic E-state index is 0.246. The smallest absolute Gasteiger partial charge is 0.316 e. The summed E-state index contributed by atoms with van der Waals surface area (Å²) in [6.45, 7) is 2.50. The van der Waals surface area contributed by atoms with Crippen molar-refractivity contribution < 1.29 is 9.53 Å². The molecule has 0 N–H and O–H groups in total. The van der Waals surface area contributed by atoms with Crippen LogP contribution in [0.25, 0.3) is 0 Å². The number of hydrogen-bond donors (Lipinski definition) is 0. The molecule has 118 valence electrons. The highest BCUT2D eigenvalue weighted by Crippen LogP contribution is 2.50. The lowest BCUT2D eigenvalue weighted by Crippen LogP contribution is -2.66. The molecule has 0 radical (unpaired) electrons. The van der Waals surface area contributed by atoms with Gasteiger partial charge in [0.15, 0.2) is 6.29 Å². The zero-order chi connectivity index (χ0) is 15.0. The van der Waals surface area contributed by atoms with E-state index in [1.807, 2.05) is 0 Å². The van der Waals surface area contributed by atoms with E-state index in [1.165, 1.54) is 57.6 Å². The minimum Gasteiger partial charge on any atom is -0.460 e. The summed E-state index contributed by atoms with van der Waals surface area (Å²) < 4.78 is 5.81. The third-order valence-electron chi connectivity index (χ3n) is 5.55. The van der Waals surface area contributed by atoms with Gasteiger partial charge in [0, 0.05) is 36.9 Å². The lowest BCUT2D eigenvalue weighted by Gasteiger charge is -2.60. The van der Waals surface area contributed by atoms with Gasteiger partial charge < -0.3 is 4.74 Å². The number of likely N-dealkylation sites (tertiary alicyclic amines) is 1. The summed E-state index contributed by atoms with van der Waals surface area (Å²) in [5, 5.41) is 0. The summed E-state index contributed by atoms with van der Waals surface area (Å²) in [6.07, 6.45) is 13.3. The third-order valence-corrected chi connectivity index (χ3v) is 5.55. The second-order valence-electron chi connectivity index (χ2n) is 7.26. The van der Waals surface area contributed by atoms with E-state index in [-0.39, 0.29) is 6.10 Å². The number of hydrogen-bond acceptors (Lipinski definition) is 5. The van der Waals surface area contributed by atoms with Crippen molar-refractivity contribution in [2.24, 2.45) is 5.41 Å². The van der Waals surface area contributed by atoms with Gasteiger partial charge >= 0.3 is 6.01 Å². The average Bonchev–Trinajstić information content (AvgIpc) is 2.50. The Hall–Kier alpha value is -1.49. The second kappa shape index (κ2) is 5.61. The van der Waals surface area contributed by atoms with Crippen LogP contribution in [0.3, 0.4) is 0 Å². The first-order chi connectivity index (χ1) is 10.8. The standard InChI is InChI=1S/C17H23N3O2/c21-10-13-8-18-16(19-9-13)22-15-6-17(7-15)11-20(12-17)14-4-2-1-3-5-14/h8-10,14-15H,1-7,11-12H2. The van der Waals surface area contributed by atoms with Gasteiger partial charge in [-0.2, -0.15) is 0 Å². The number of nitrogens with zero attached hydrogens (tertiary/aromatic N) is 3. The van der Waals surface area contributed by atoms with E-state index in [0.29, 0.717) is 17.0 Å². The molecule has 1 aromatic heterocycles. The van der Waals surface area contributed by atoms with Gasteiger partial charge in [0.05, 0.1) is 5.56 Å². The van der Waals surface area contributed by atoms with Crippen molar-refractivity contribution in [3.8, 4) is 6.01 Å². The molecular formula is C17H23N3O2. The second-order valence-corrected chi connectivity index (χ2v) is 7.26. The molecule has 0 unspecified atom stereocenters. The van der Waals surface area contributed by atoms with Crippen LogP contribution in [0.15, 0.2) is 12.4 Å². The maximum Gasteiger partial charge on any atom is 0.316 e. The quantitative estimate of drug-likeness (QED) is 0.800. The zero-order valence-electron chi connectivity index (χ0n) is 12.9. The zero-order valence-corrected chi connectivity index (χ0v) is 12.9. The molecule has 5 nitrogen and oxygen atoms in total. The van der Waals surface area contributed by atoms with E-state index in [0.717, 1.165) is 25.2 Å². The summed E-state index contributed by atoms with van der Waals surface area (Å²) in [4.78, 5) is 21.4. The van der Waals surface area contributed by atoms with Crippen molar-refractivity contribution in [2.75, 3.05) is 13.1 Å². The Morgan fingerprint density at radius 3 is 2.45 bits per heavy atom. The first-order valence-electron chi connectivity index (χ1n) is 8.44. The van der Waals surface area contributed by atoms with Crippen LogP contribution < -0.4 is 4.74 Å². The first kappa shape index (κ1) is 14.1. The molecule has 1 aliphatic heterocycles. The highest BCUT2D eigenvalue weighted by atomic mass is 16.5. The number of rotatable bonds is 4. The fourth-order valence-corrected chi connectivity index (χ4v) is 4.36. The predicted molar refractivity (Wildman–Crippen MR) is 81.9 cm³/mol. The van der Waals surface area contributed by atoms with Crippen molar-refractivity contribution in [2.45, 2.75) is 57.1 Å². The maximum absolute atomic E-state index is 10.6. The van der Waals surface area contributed by atoms with Crippen molar-refractivity contribution in [1.82, 2.24) is 14.9 Å². The van der Waals surface area contributed by atoms with Crippen LogP contribution in [0, 0.1) is 5.41 Å². The van der Waals surface area contributed by atoms with Crippen LogP contribution in [-0.4, -0.2) is 46.4 Å². The number of carbonyl (C=O) groups excluding carboxylic acids is 1. The van der Waals surface area contributed by atoms with Gasteiger partial charge in [-0.25, -0.2) is 9.97 Å². The summed E-state index contributed by atoms with van der Waals surface area (Å²) in [6, 6.07) is 1.24. The molecule has 1 saturated heterocycles. The predicted octanol–water partition coefficient (Wildman–Crippen LogP) is 2.47. The summed E-state index contributed by atoms with van der Waals surface area (Å²) in [7, 11) is 0. The van der Waals surface area contributed by atoms with Crippen LogP contribution in [0.4, 0.5) is 0 Å². The third kappa shape index (κ3) is 2.62. The normalized spacial score (nSPS) is 25.5. The Kier molecular flexibility index (Phi) is 3.60. The van der Waals surface area contributed by atoms with Gasteiger partial charge in [-0.3, -0.25) is 9.69 Å². The van der Waals surface area contributed by atoms with Crippen LogP contribution in [0.5, 0.6) is 6.01 Å². The number of aldehydes is 1. The van der Waals surface area contributed by atoms with Gasteiger partial charge in [0.25, 0.3) is 0 Å². The van der Waals surface area contributed by atoms with Gasteiger partial charge in [0.1, 0.15) is 6.10 Å². The van der Waals surface area contributed by atoms with Crippen molar-refractivity contribution >= 4 is 6.29 Å². The van der Waals surface area contributed by atoms with Gasteiger partial charge in [-0.15, -0.1) is 0 Å². The topological polar surface area (TPSA) is 55.3 Å². The molecule has 5 heteroatoms. The van der Waals surface area contributed by atoms with E-state index in [2.05, 4.69) is 14.9 Å². The Morgan fingerprint density at radius 1 is 1.14 bits per heavy atom. The first-order valence-corrected chi connectivity index (χ1v) is 8.44. The Balaban J connectivity index is 1.23.